The minimum absolute atomic E-state index is 0.0208. The fourth-order valence-corrected chi connectivity index (χ4v) is 2.85. The molecular weight excluding hydrogens is 364 g/mol. The Kier molecular flexibility index (Phi) is 6.05. The lowest BCUT2D eigenvalue weighted by atomic mass is 10.1. The van der Waals surface area contributed by atoms with Gasteiger partial charge in [-0.15, -0.1) is 0 Å². The summed E-state index contributed by atoms with van der Waals surface area (Å²) >= 11 is 5.88. The number of amides is 1. The Hall–Kier alpha value is -2.09. The van der Waals surface area contributed by atoms with Gasteiger partial charge in [0.2, 0.25) is 10.0 Å². The molecule has 0 radical (unpaired) electrons. The van der Waals surface area contributed by atoms with Crippen molar-refractivity contribution in [2.75, 3.05) is 0 Å². The lowest BCUT2D eigenvalue weighted by Crippen LogP contribution is -2.37. The van der Waals surface area contributed by atoms with Gasteiger partial charge in [-0.05, 0) is 49.7 Å². The van der Waals surface area contributed by atoms with E-state index in [1.165, 1.54) is 12.1 Å². The fourth-order valence-electron chi connectivity index (χ4n) is 2.16. The maximum absolute atomic E-state index is 12.3. The van der Waals surface area contributed by atoms with Gasteiger partial charge in [-0.25, -0.2) is 13.6 Å². The van der Waals surface area contributed by atoms with E-state index in [1.54, 1.807) is 50.2 Å². The normalized spacial score (nSPS) is 13.8. The molecule has 0 bridgehead atoms. The average molecular weight is 383 g/mol. The topological polar surface area (TPSA) is 98.5 Å². The quantitative estimate of drug-likeness (QED) is 0.802. The van der Waals surface area contributed by atoms with Crippen LogP contribution in [0.25, 0.3) is 0 Å². The van der Waals surface area contributed by atoms with Crippen molar-refractivity contribution in [3.05, 3.63) is 59.1 Å². The number of benzene rings is 2. The number of nitrogens with two attached hydrogens (primary N) is 1. The molecule has 8 heteroatoms. The van der Waals surface area contributed by atoms with E-state index in [4.69, 9.17) is 21.5 Å². The number of carbonyl (C=O) groups is 1. The summed E-state index contributed by atoms with van der Waals surface area (Å²) in [6.07, 6.45) is -0.718. The van der Waals surface area contributed by atoms with Gasteiger partial charge in [-0.1, -0.05) is 29.8 Å². The molecule has 0 fully saturated rings. The first-order valence-corrected chi connectivity index (χ1v) is 9.44. The number of nitrogens with one attached hydrogen (secondary N) is 1. The van der Waals surface area contributed by atoms with Crippen LogP contribution < -0.4 is 15.2 Å². The summed E-state index contributed by atoms with van der Waals surface area (Å²) in [5.74, 6) is 0.198. The molecular formula is C17H19ClN2O4S. The molecule has 0 saturated heterocycles. The van der Waals surface area contributed by atoms with Crippen LogP contribution in [0, 0.1) is 0 Å². The lowest BCUT2D eigenvalue weighted by Gasteiger charge is -2.19. The second-order valence-electron chi connectivity index (χ2n) is 5.56. The standard InChI is InChI=1S/C17H19ClN2O4S/c1-11(13-6-8-16(9-7-13)25(19,22)23)20-17(21)12(2)24-15-5-3-4-14(18)10-15/h3-12H,1-2H3,(H,20,21)(H2,19,22,23). The molecule has 6 nitrogen and oxygen atoms in total. The van der Waals surface area contributed by atoms with Gasteiger partial charge >= 0.3 is 0 Å². The third-order valence-electron chi connectivity index (χ3n) is 3.55. The molecule has 0 saturated carbocycles. The number of rotatable bonds is 6. The first kappa shape index (κ1) is 19.2. The van der Waals surface area contributed by atoms with E-state index in [-0.39, 0.29) is 16.8 Å². The number of halogens is 1. The molecule has 2 aromatic carbocycles. The van der Waals surface area contributed by atoms with Crippen LogP contribution in [-0.2, 0) is 14.8 Å². The Morgan fingerprint density at radius 3 is 2.36 bits per heavy atom. The van der Waals surface area contributed by atoms with E-state index >= 15 is 0 Å². The Bertz CT molecular complexity index is 853. The van der Waals surface area contributed by atoms with Crippen molar-refractivity contribution in [1.82, 2.24) is 5.32 Å². The molecule has 0 aliphatic rings. The number of primary sulfonamides is 1. The SMILES string of the molecule is CC(Oc1cccc(Cl)c1)C(=O)NC(C)c1ccc(S(N)(=O)=O)cc1. The highest BCUT2D eigenvalue weighted by atomic mass is 35.5. The predicted molar refractivity (Wildman–Crippen MR) is 95.9 cm³/mol. The molecule has 134 valence electrons. The van der Waals surface area contributed by atoms with Crippen molar-refractivity contribution in [2.24, 2.45) is 5.14 Å². The maximum Gasteiger partial charge on any atom is 0.261 e. The smallest absolute Gasteiger partial charge is 0.261 e. The van der Waals surface area contributed by atoms with Crippen molar-refractivity contribution in [3.8, 4) is 5.75 Å². The minimum Gasteiger partial charge on any atom is -0.481 e. The van der Waals surface area contributed by atoms with Crippen LogP contribution in [0.2, 0.25) is 5.02 Å². The third-order valence-corrected chi connectivity index (χ3v) is 4.71. The molecule has 0 aromatic heterocycles. The summed E-state index contributed by atoms with van der Waals surface area (Å²) in [6, 6.07) is 12.5. The number of carbonyl (C=O) groups excluding carboxylic acids is 1. The molecule has 0 heterocycles. The Balaban J connectivity index is 1.99. The van der Waals surface area contributed by atoms with Crippen molar-refractivity contribution >= 4 is 27.5 Å². The molecule has 3 N–H and O–H groups in total. The van der Waals surface area contributed by atoms with E-state index in [0.29, 0.717) is 10.8 Å². The van der Waals surface area contributed by atoms with Crippen LogP contribution in [0.3, 0.4) is 0 Å². The number of hydrogen-bond donors (Lipinski definition) is 2. The first-order chi connectivity index (χ1) is 11.7. The van der Waals surface area contributed by atoms with Crippen LogP contribution >= 0.6 is 11.6 Å². The van der Waals surface area contributed by atoms with Crippen LogP contribution in [0.1, 0.15) is 25.5 Å². The summed E-state index contributed by atoms with van der Waals surface area (Å²) < 4.78 is 28.1. The third kappa shape index (κ3) is 5.45. The Labute approximate surface area is 152 Å². The predicted octanol–water partition coefficient (Wildman–Crippen LogP) is 2.63. The second kappa shape index (κ2) is 7.86. The van der Waals surface area contributed by atoms with Gasteiger partial charge in [0.05, 0.1) is 10.9 Å². The van der Waals surface area contributed by atoms with Crippen LogP contribution in [-0.4, -0.2) is 20.4 Å². The molecule has 0 aliphatic carbocycles. The molecule has 1 amide bonds. The van der Waals surface area contributed by atoms with Gasteiger partial charge in [0, 0.05) is 5.02 Å². The van der Waals surface area contributed by atoms with Gasteiger partial charge in [0.15, 0.2) is 6.10 Å². The van der Waals surface area contributed by atoms with Crippen LogP contribution in [0.5, 0.6) is 5.75 Å². The molecule has 0 aliphatic heterocycles. The molecule has 2 rings (SSSR count). The van der Waals surface area contributed by atoms with E-state index in [9.17, 15) is 13.2 Å². The second-order valence-corrected chi connectivity index (χ2v) is 7.56. The maximum atomic E-state index is 12.3. The van der Waals surface area contributed by atoms with Gasteiger partial charge in [0.1, 0.15) is 5.75 Å². The monoisotopic (exact) mass is 382 g/mol. The fraction of sp³-hybridized carbons (Fsp3) is 0.235. The van der Waals surface area contributed by atoms with E-state index in [1.807, 2.05) is 0 Å². The largest absolute Gasteiger partial charge is 0.481 e. The van der Waals surface area contributed by atoms with Crippen molar-refractivity contribution < 1.29 is 17.9 Å². The van der Waals surface area contributed by atoms with E-state index in [2.05, 4.69) is 5.32 Å². The first-order valence-electron chi connectivity index (χ1n) is 7.52. The number of sulfonamides is 1. The van der Waals surface area contributed by atoms with Gasteiger partial charge < -0.3 is 10.1 Å². The summed E-state index contributed by atoms with van der Waals surface area (Å²) in [5.41, 5.74) is 0.746. The van der Waals surface area contributed by atoms with Crippen LogP contribution in [0.4, 0.5) is 0 Å². The van der Waals surface area contributed by atoms with E-state index < -0.39 is 16.1 Å². The zero-order valence-corrected chi connectivity index (χ0v) is 15.3. The number of ether oxygens (including phenoxy) is 1. The van der Waals surface area contributed by atoms with Gasteiger partial charge in [-0.3, -0.25) is 4.79 Å². The summed E-state index contributed by atoms with van der Waals surface area (Å²) in [5, 5.41) is 8.40. The highest BCUT2D eigenvalue weighted by molar-refractivity contribution is 7.89. The molecule has 2 unspecified atom stereocenters. The molecule has 2 atom stereocenters. The van der Waals surface area contributed by atoms with Crippen molar-refractivity contribution in [2.45, 2.75) is 30.9 Å². The summed E-state index contributed by atoms with van der Waals surface area (Å²) in [4.78, 5) is 12.3. The molecule has 2 aromatic rings. The van der Waals surface area contributed by atoms with Crippen molar-refractivity contribution in [1.29, 1.82) is 0 Å². The lowest BCUT2D eigenvalue weighted by molar-refractivity contribution is -0.127. The van der Waals surface area contributed by atoms with E-state index in [0.717, 1.165) is 5.56 Å². The zero-order chi connectivity index (χ0) is 18.6. The van der Waals surface area contributed by atoms with Crippen LogP contribution in [0.15, 0.2) is 53.4 Å². The Morgan fingerprint density at radius 2 is 1.80 bits per heavy atom. The molecule has 0 spiro atoms. The Morgan fingerprint density at radius 1 is 1.16 bits per heavy atom. The molecule has 25 heavy (non-hydrogen) atoms. The highest BCUT2D eigenvalue weighted by Crippen LogP contribution is 2.19. The van der Waals surface area contributed by atoms with Gasteiger partial charge in [0.25, 0.3) is 5.91 Å². The van der Waals surface area contributed by atoms with Crippen molar-refractivity contribution in [3.63, 3.8) is 0 Å². The highest BCUT2D eigenvalue weighted by Gasteiger charge is 2.18. The zero-order valence-electron chi connectivity index (χ0n) is 13.8. The van der Waals surface area contributed by atoms with Gasteiger partial charge in [-0.2, -0.15) is 0 Å². The summed E-state index contributed by atoms with van der Waals surface area (Å²) in [6.45, 7) is 3.42. The average Bonchev–Trinajstić information content (AvgIpc) is 2.54. The minimum atomic E-state index is -3.74. The number of hydrogen-bond acceptors (Lipinski definition) is 4. The summed E-state index contributed by atoms with van der Waals surface area (Å²) in [7, 11) is -3.74.